The number of aliphatic carboxylic acids is 1. The first-order chi connectivity index (χ1) is 18.5. The van der Waals surface area contributed by atoms with E-state index in [0.29, 0.717) is 19.4 Å². The van der Waals surface area contributed by atoms with Crippen LogP contribution in [-0.2, 0) is 32.1 Å². The maximum absolute atomic E-state index is 13.5. The third kappa shape index (κ3) is 12.1. The predicted octanol–water partition coefficient (Wildman–Crippen LogP) is 2.65. The lowest BCUT2D eigenvalue weighted by Gasteiger charge is -2.26. The average molecular weight is 539 g/mol. The van der Waals surface area contributed by atoms with Crippen molar-refractivity contribution >= 4 is 23.7 Å². The minimum Gasteiger partial charge on any atom is -0.480 e. The molecule has 0 aliphatic rings. The van der Waals surface area contributed by atoms with E-state index in [1.54, 1.807) is 0 Å². The van der Waals surface area contributed by atoms with E-state index in [-0.39, 0.29) is 24.2 Å². The lowest BCUT2D eigenvalue weighted by atomic mass is 9.99. The monoisotopic (exact) mass is 538 g/mol. The quantitative estimate of drug-likeness (QED) is 0.223. The third-order valence-electron chi connectivity index (χ3n) is 6.09. The molecular formula is C30H42N4O5. The lowest BCUT2D eigenvalue weighted by molar-refractivity contribution is -0.138. The molecule has 212 valence electrons. The number of amides is 3. The molecule has 3 amide bonds. The van der Waals surface area contributed by atoms with E-state index in [9.17, 15) is 19.2 Å². The second-order valence-corrected chi connectivity index (χ2v) is 10.6. The van der Waals surface area contributed by atoms with Crippen LogP contribution in [-0.4, -0.2) is 53.5 Å². The summed E-state index contributed by atoms with van der Waals surface area (Å²) in [5.41, 5.74) is 1.90. The van der Waals surface area contributed by atoms with Crippen LogP contribution in [0.1, 0.15) is 51.7 Å². The van der Waals surface area contributed by atoms with Crippen LogP contribution < -0.4 is 21.3 Å². The van der Waals surface area contributed by atoms with Gasteiger partial charge in [0.2, 0.25) is 17.7 Å². The summed E-state index contributed by atoms with van der Waals surface area (Å²) < 4.78 is 0. The summed E-state index contributed by atoms with van der Waals surface area (Å²) in [6.07, 6.45) is 1.13. The van der Waals surface area contributed by atoms with Crippen LogP contribution in [0.4, 0.5) is 0 Å². The van der Waals surface area contributed by atoms with Crippen LogP contribution in [0.5, 0.6) is 0 Å². The minimum atomic E-state index is -1.17. The minimum absolute atomic E-state index is 0.0608. The van der Waals surface area contributed by atoms with Gasteiger partial charge >= 0.3 is 5.97 Å². The van der Waals surface area contributed by atoms with Crippen molar-refractivity contribution in [2.45, 2.75) is 71.6 Å². The first-order valence-corrected chi connectivity index (χ1v) is 13.5. The molecular weight excluding hydrogens is 496 g/mol. The number of hydrogen-bond acceptors (Lipinski definition) is 5. The van der Waals surface area contributed by atoms with Gasteiger partial charge in [-0.25, -0.2) is 0 Å². The number of carbonyl (C=O) groups excluding carboxylic acids is 3. The fourth-order valence-electron chi connectivity index (χ4n) is 4.18. The summed E-state index contributed by atoms with van der Waals surface area (Å²) in [7, 11) is 0. The van der Waals surface area contributed by atoms with Crippen molar-refractivity contribution in [3.63, 3.8) is 0 Å². The Hall–Kier alpha value is -3.72. The molecule has 0 heterocycles. The average Bonchev–Trinajstić information content (AvgIpc) is 2.89. The van der Waals surface area contributed by atoms with Gasteiger partial charge in [0.15, 0.2) is 0 Å². The Morgan fingerprint density at radius 2 is 1.15 bits per heavy atom. The van der Waals surface area contributed by atoms with E-state index in [1.807, 2.05) is 88.4 Å². The highest BCUT2D eigenvalue weighted by atomic mass is 16.4. The van der Waals surface area contributed by atoms with E-state index in [2.05, 4.69) is 21.3 Å². The number of rotatable bonds is 16. The molecule has 0 aromatic heterocycles. The number of hydrogen-bond donors (Lipinski definition) is 5. The summed E-state index contributed by atoms with van der Waals surface area (Å²) in [6.45, 7) is 7.83. The largest absolute Gasteiger partial charge is 0.480 e. The van der Waals surface area contributed by atoms with E-state index in [4.69, 9.17) is 5.11 Å². The first kappa shape index (κ1) is 31.5. The topological polar surface area (TPSA) is 137 Å². The van der Waals surface area contributed by atoms with Crippen LogP contribution in [0.15, 0.2) is 60.7 Å². The third-order valence-corrected chi connectivity index (χ3v) is 6.09. The molecule has 2 aromatic rings. The van der Waals surface area contributed by atoms with Crippen molar-refractivity contribution in [1.82, 2.24) is 21.3 Å². The van der Waals surface area contributed by atoms with Gasteiger partial charge in [0.1, 0.15) is 18.6 Å². The molecule has 0 spiro atoms. The van der Waals surface area contributed by atoms with Gasteiger partial charge in [-0.1, -0.05) is 88.4 Å². The number of benzene rings is 2. The van der Waals surface area contributed by atoms with Gasteiger partial charge in [0.25, 0.3) is 0 Å². The van der Waals surface area contributed by atoms with Gasteiger partial charge in [0.05, 0.1) is 6.04 Å². The Bertz CT molecular complexity index is 1060. The van der Waals surface area contributed by atoms with Crippen LogP contribution in [0.2, 0.25) is 0 Å². The highest BCUT2D eigenvalue weighted by Gasteiger charge is 2.30. The molecule has 9 heteroatoms. The number of carboxylic acids is 1. The van der Waals surface area contributed by atoms with Crippen LogP contribution in [0, 0.1) is 11.8 Å². The molecule has 0 saturated heterocycles. The molecule has 39 heavy (non-hydrogen) atoms. The second-order valence-electron chi connectivity index (χ2n) is 10.6. The lowest BCUT2D eigenvalue weighted by Crippen LogP contribution is -2.57. The molecule has 9 nitrogen and oxygen atoms in total. The fourth-order valence-corrected chi connectivity index (χ4v) is 4.18. The van der Waals surface area contributed by atoms with Gasteiger partial charge in [-0.3, -0.25) is 19.2 Å². The molecule has 2 aromatic carbocycles. The summed E-state index contributed by atoms with van der Waals surface area (Å²) in [5, 5.41) is 20.3. The SMILES string of the molecule is CC(C)C[C@H](NC(=O)[C@H](Cc1ccccc1)NC(=O)[C@@H](CC(C)C)NCc1ccccc1)C(=O)NCC(=O)O. The van der Waals surface area contributed by atoms with E-state index >= 15 is 0 Å². The van der Waals surface area contributed by atoms with E-state index < -0.39 is 42.5 Å². The van der Waals surface area contributed by atoms with Crippen molar-refractivity contribution in [3.05, 3.63) is 71.8 Å². The molecule has 0 fully saturated rings. The summed E-state index contributed by atoms with van der Waals surface area (Å²) in [4.78, 5) is 50.6. The van der Waals surface area contributed by atoms with E-state index in [1.165, 1.54) is 0 Å². The summed E-state index contributed by atoms with van der Waals surface area (Å²) in [5.74, 6) is -2.26. The van der Waals surface area contributed by atoms with Gasteiger partial charge in [-0.05, 0) is 35.8 Å². The zero-order chi connectivity index (χ0) is 28.8. The normalized spacial score (nSPS) is 13.4. The van der Waals surface area contributed by atoms with Gasteiger partial charge in [0, 0.05) is 13.0 Å². The Balaban J connectivity index is 2.22. The Kier molecular flexibility index (Phi) is 13.2. The summed E-state index contributed by atoms with van der Waals surface area (Å²) >= 11 is 0. The molecule has 5 N–H and O–H groups in total. The maximum atomic E-state index is 13.5. The Morgan fingerprint density at radius 1 is 0.667 bits per heavy atom. The standard InChI is InChI=1S/C30H42N4O5/c1-20(2)15-24(31-18-23-13-9-6-10-14-23)29(38)34-26(17-22-11-7-5-8-12-22)30(39)33-25(16-21(3)4)28(37)32-19-27(35)36/h5-14,20-21,24-26,31H,15-19H2,1-4H3,(H,32,37)(H,33,39)(H,34,38)(H,35,36)/t24-,25+,26+/m1/s1. The van der Waals surface area contributed by atoms with Gasteiger partial charge in [-0.15, -0.1) is 0 Å². The van der Waals surface area contributed by atoms with Crippen molar-refractivity contribution in [2.75, 3.05) is 6.54 Å². The zero-order valence-electron chi connectivity index (χ0n) is 23.3. The molecule has 0 aliphatic heterocycles. The molecule has 2 rings (SSSR count). The second kappa shape index (κ2) is 16.3. The Labute approximate surface area is 231 Å². The van der Waals surface area contributed by atoms with Crippen LogP contribution in [0.3, 0.4) is 0 Å². The highest BCUT2D eigenvalue weighted by Crippen LogP contribution is 2.11. The van der Waals surface area contributed by atoms with Gasteiger partial charge < -0.3 is 26.4 Å². The molecule has 3 atom stereocenters. The summed E-state index contributed by atoms with van der Waals surface area (Å²) in [6, 6.07) is 16.7. The van der Waals surface area contributed by atoms with E-state index in [0.717, 1.165) is 11.1 Å². The van der Waals surface area contributed by atoms with Crippen molar-refractivity contribution in [2.24, 2.45) is 11.8 Å². The molecule has 0 aliphatic carbocycles. The highest BCUT2D eigenvalue weighted by molar-refractivity contribution is 5.93. The molecule has 0 bridgehead atoms. The zero-order valence-corrected chi connectivity index (χ0v) is 23.3. The molecule has 0 unspecified atom stereocenters. The van der Waals surface area contributed by atoms with Crippen LogP contribution >= 0.6 is 0 Å². The van der Waals surface area contributed by atoms with Crippen molar-refractivity contribution in [1.29, 1.82) is 0 Å². The van der Waals surface area contributed by atoms with Gasteiger partial charge in [-0.2, -0.15) is 0 Å². The van der Waals surface area contributed by atoms with Crippen molar-refractivity contribution in [3.8, 4) is 0 Å². The fraction of sp³-hybridized carbons (Fsp3) is 0.467. The first-order valence-electron chi connectivity index (χ1n) is 13.5. The van der Waals surface area contributed by atoms with Crippen molar-refractivity contribution < 1.29 is 24.3 Å². The number of carbonyl (C=O) groups is 4. The predicted molar refractivity (Wildman–Crippen MR) is 151 cm³/mol. The molecule has 0 saturated carbocycles. The van der Waals surface area contributed by atoms with Crippen LogP contribution in [0.25, 0.3) is 0 Å². The number of carboxylic acid groups (broad SMARTS) is 1. The Morgan fingerprint density at radius 3 is 1.69 bits per heavy atom. The number of nitrogens with one attached hydrogen (secondary N) is 4. The smallest absolute Gasteiger partial charge is 0.322 e. The maximum Gasteiger partial charge on any atom is 0.322 e. The molecule has 0 radical (unpaired) electrons.